The molecule has 20 heavy (non-hydrogen) atoms. The van der Waals surface area contributed by atoms with Gasteiger partial charge in [-0.25, -0.2) is 4.39 Å². The van der Waals surface area contributed by atoms with E-state index in [-0.39, 0.29) is 29.4 Å². The number of nitrogens with two attached hydrogens (primary N) is 1. The summed E-state index contributed by atoms with van der Waals surface area (Å²) in [5.74, 6) is -0.149. The highest BCUT2D eigenvalue weighted by Crippen LogP contribution is 2.33. The summed E-state index contributed by atoms with van der Waals surface area (Å²) < 4.78 is 14.0. The van der Waals surface area contributed by atoms with Gasteiger partial charge in [0.2, 0.25) is 0 Å². The van der Waals surface area contributed by atoms with Crippen LogP contribution in [0.1, 0.15) is 52.6 Å². The Balaban J connectivity index is 3.07. The second-order valence-electron chi connectivity index (χ2n) is 6.75. The molecule has 0 aromatic heterocycles. The molecule has 0 bridgehead atoms. The Bertz CT molecular complexity index is 425. The molecule has 1 aromatic rings. The van der Waals surface area contributed by atoms with Crippen molar-refractivity contribution in [1.82, 2.24) is 4.90 Å². The normalized spacial score (nSPS) is 17.1. The first-order chi connectivity index (χ1) is 9.20. The van der Waals surface area contributed by atoms with E-state index in [9.17, 15) is 4.39 Å². The minimum atomic E-state index is -0.149. The van der Waals surface area contributed by atoms with E-state index in [1.807, 2.05) is 26.1 Å². The average Bonchev–Trinajstić information content (AvgIpc) is 2.36. The maximum atomic E-state index is 14.0. The molecule has 1 rings (SSSR count). The van der Waals surface area contributed by atoms with Crippen LogP contribution in [-0.4, -0.2) is 24.0 Å². The van der Waals surface area contributed by atoms with Crippen LogP contribution in [-0.2, 0) is 0 Å². The summed E-state index contributed by atoms with van der Waals surface area (Å²) in [7, 11) is 2.04. The molecule has 0 radical (unpaired) electrons. The Labute approximate surface area is 123 Å². The first-order valence-corrected chi connectivity index (χ1v) is 7.42. The summed E-state index contributed by atoms with van der Waals surface area (Å²) in [5, 5.41) is 0. The second-order valence-corrected chi connectivity index (χ2v) is 6.75. The fourth-order valence-corrected chi connectivity index (χ4v) is 3.05. The number of hydrogen-bond donors (Lipinski definition) is 1. The molecule has 0 spiro atoms. The molecule has 0 aliphatic carbocycles. The molecule has 2 N–H and O–H groups in total. The molecule has 0 amide bonds. The third kappa shape index (κ3) is 3.80. The summed E-state index contributed by atoms with van der Waals surface area (Å²) in [4.78, 5) is 2.21. The van der Waals surface area contributed by atoms with Gasteiger partial charge in [0, 0.05) is 23.7 Å². The standard InChI is InChI=1S/C17H29FN2/c1-7-15(19)16(17(3,4)5)20(6)12(2)13-10-8-9-11-14(13)18/h8-12,15-16H,7,19H2,1-6H3. The lowest BCUT2D eigenvalue weighted by Crippen LogP contribution is -2.53. The van der Waals surface area contributed by atoms with Gasteiger partial charge < -0.3 is 5.73 Å². The molecule has 0 fully saturated rings. The first-order valence-electron chi connectivity index (χ1n) is 7.42. The van der Waals surface area contributed by atoms with Gasteiger partial charge in [0.05, 0.1) is 0 Å². The first kappa shape index (κ1) is 17.1. The Morgan fingerprint density at radius 2 is 1.80 bits per heavy atom. The van der Waals surface area contributed by atoms with E-state index in [4.69, 9.17) is 5.73 Å². The highest BCUT2D eigenvalue weighted by atomic mass is 19.1. The fourth-order valence-electron chi connectivity index (χ4n) is 3.05. The molecule has 0 heterocycles. The smallest absolute Gasteiger partial charge is 0.127 e. The van der Waals surface area contributed by atoms with Gasteiger partial charge in [0.1, 0.15) is 5.82 Å². The zero-order valence-electron chi connectivity index (χ0n) is 13.7. The molecule has 3 heteroatoms. The Hall–Kier alpha value is -0.930. The average molecular weight is 280 g/mol. The minimum Gasteiger partial charge on any atom is -0.326 e. The van der Waals surface area contributed by atoms with Crippen LogP contribution in [0.3, 0.4) is 0 Å². The third-order valence-corrected chi connectivity index (χ3v) is 4.17. The zero-order chi connectivity index (χ0) is 15.5. The number of hydrogen-bond acceptors (Lipinski definition) is 2. The molecular formula is C17H29FN2. The van der Waals surface area contributed by atoms with Crippen LogP contribution in [0.15, 0.2) is 24.3 Å². The Morgan fingerprint density at radius 3 is 2.25 bits per heavy atom. The minimum absolute atomic E-state index is 0.00183. The monoisotopic (exact) mass is 280 g/mol. The maximum Gasteiger partial charge on any atom is 0.127 e. The van der Waals surface area contributed by atoms with Crippen LogP contribution in [0, 0.1) is 11.2 Å². The predicted molar refractivity (Wildman–Crippen MR) is 84.1 cm³/mol. The van der Waals surface area contributed by atoms with Crippen molar-refractivity contribution < 1.29 is 4.39 Å². The number of halogens is 1. The molecule has 0 aliphatic rings. The van der Waals surface area contributed by atoms with Gasteiger partial charge in [-0.2, -0.15) is 0 Å². The number of likely N-dealkylation sites (N-methyl/N-ethyl adjacent to an activating group) is 1. The van der Waals surface area contributed by atoms with Crippen LogP contribution in [0.25, 0.3) is 0 Å². The SMILES string of the molecule is CCC(N)C(N(C)C(C)c1ccccc1F)C(C)(C)C. The lowest BCUT2D eigenvalue weighted by atomic mass is 9.80. The van der Waals surface area contributed by atoms with Crippen LogP contribution in [0.2, 0.25) is 0 Å². The maximum absolute atomic E-state index is 14.0. The molecular weight excluding hydrogens is 251 g/mol. The zero-order valence-corrected chi connectivity index (χ0v) is 13.7. The van der Waals surface area contributed by atoms with E-state index in [1.165, 1.54) is 6.07 Å². The molecule has 0 saturated carbocycles. The molecule has 1 aromatic carbocycles. The van der Waals surface area contributed by atoms with Crippen molar-refractivity contribution in [2.24, 2.45) is 11.1 Å². The van der Waals surface area contributed by atoms with Crippen molar-refractivity contribution in [3.8, 4) is 0 Å². The molecule has 2 nitrogen and oxygen atoms in total. The van der Waals surface area contributed by atoms with Crippen LogP contribution in [0.4, 0.5) is 4.39 Å². The largest absolute Gasteiger partial charge is 0.326 e. The third-order valence-electron chi connectivity index (χ3n) is 4.17. The Morgan fingerprint density at radius 1 is 1.25 bits per heavy atom. The topological polar surface area (TPSA) is 29.3 Å². The van der Waals surface area contributed by atoms with Crippen molar-refractivity contribution in [3.63, 3.8) is 0 Å². The van der Waals surface area contributed by atoms with Crippen molar-refractivity contribution in [2.75, 3.05) is 7.05 Å². The lowest BCUT2D eigenvalue weighted by Gasteiger charge is -2.44. The molecule has 3 atom stereocenters. The summed E-state index contributed by atoms with van der Waals surface area (Å²) in [6, 6.07) is 7.26. The van der Waals surface area contributed by atoms with Crippen LogP contribution in [0.5, 0.6) is 0 Å². The number of benzene rings is 1. The van der Waals surface area contributed by atoms with Gasteiger partial charge in [-0.3, -0.25) is 4.90 Å². The van der Waals surface area contributed by atoms with E-state index in [2.05, 4.69) is 32.6 Å². The van der Waals surface area contributed by atoms with E-state index in [0.29, 0.717) is 0 Å². The van der Waals surface area contributed by atoms with E-state index >= 15 is 0 Å². The molecule has 0 aliphatic heterocycles. The summed E-state index contributed by atoms with van der Waals surface area (Å²) in [6.45, 7) is 10.7. The van der Waals surface area contributed by atoms with E-state index in [1.54, 1.807) is 6.07 Å². The van der Waals surface area contributed by atoms with Gasteiger partial charge in [0.25, 0.3) is 0 Å². The summed E-state index contributed by atoms with van der Waals surface area (Å²) in [5.41, 5.74) is 7.10. The van der Waals surface area contributed by atoms with Crippen LogP contribution >= 0.6 is 0 Å². The van der Waals surface area contributed by atoms with Gasteiger partial charge in [-0.1, -0.05) is 45.9 Å². The van der Waals surface area contributed by atoms with Gasteiger partial charge >= 0.3 is 0 Å². The Kier molecular flexibility index (Phi) is 5.72. The predicted octanol–water partition coefficient (Wildman–Crippen LogP) is 3.97. The van der Waals surface area contributed by atoms with Crippen molar-refractivity contribution in [2.45, 2.75) is 59.2 Å². The second kappa shape index (κ2) is 6.68. The number of rotatable bonds is 5. The summed E-state index contributed by atoms with van der Waals surface area (Å²) >= 11 is 0. The van der Waals surface area contributed by atoms with E-state index < -0.39 is 0 Å². The highest BCUT2D eigenvalue weighted by Gasteiger charge is 2.35. The number of nitrogens with zero attached hydrogens (tertiary/aromatic N) is 1. The molecule has 114 valence electrons. The van der Waals surface area contributed by atoms with E-state index in [0.717, 1.165) is 12.0 Å². The van der Waals surface area contributed by atoms with Gasteiger partial charge in [-0.15, -0.1) is 0 Å². The van der Waals surface area contributed by atoms with Gasteiger partial charge in [0.15, 0.2) is 0 Å². The molecule has 3 unspecified atom stereocenters. The van der Waals surface area contributed by atoms with Crippen molar-refractivity contribution in [3.05, 3.63) is 35.6 Å². The lowest BCUT2D eigenvalue weighted by molar-refractivity contribution is 0.0676. The molecule has 0 saturated heterocycles. The quantitative estimate of drug-likeness (QED) is 0.884. The summed E-state index contributed by atoms with van der Waals surface area (Å²) in [6.07, 6.45) is 0.913. The van der Waals surface area contributed by atoms with Crippen molar-refractivity contribution >= 4 is 0 Å². The fraction of sp³-hybridized carbons (Fsp3) is 0.647. The highest BCUT2D eigenvalue weighted by molar-refractivity contribution is 5.21. The van der Waals surface area contributed by atoms with Gasteiger partial charge in [-0.05, 0) is 31.9 Å². The van der Waals surface area contributed by atoms with Crippen molar-refractivity contribution in [1.29, 1.82) is 0 Å². The van der Waals surface area contributed by atoms with Crippen LogP contribution < -0.4 is 5.73 Å².